The summed E-state index contributed by atoms with van der Waals surface area (Å²) in [5, 5.41) is 10.9. The van der Waals surface area contributed by atoms with E-state index in [0.717, 1.165) is 17.1 Å². The third-order valence-corrected chi connectivity index (χ3v) is 4.74. The molecular weight excluding hydrogens is 524 g/mol. The number of rotatable bonds is 7. The fourth-order valence-corrected chi connectivity index (χ4v) is 3.35. The Morgan fingerprint density at radius 1 is 1.26 bits per heavy atom. The zero-order valence-corrected chi connectivity index (χ0v) is 19.9. The van der Waals surface area contributed by atoms with Crippen LogP contribution in [0.15, 0.2) is 41.5 Å². The Balaban J connectivity index is 0.00000341. The van der Waals surface area contributed by atoms with Gasteiger partial charge in [-0.3, -0.25) is 4.90 Å². The number of hydrogen-bond acceptors (Lipinski definition) is 4. The van der Waals surface area contributed by atoms with E-state index in [1.807, 2.05) is 43.5 Å². The van der Waals surface area contributed by atoms with Crippen molar-refractivity contribution >= 4 is 29.9 Å². The molecule has 0 spiro atoms. The van der Waals surface area contributed by atoms with Crippen molar-refractivity contribution in [2.75, 3.05) is 33.3 Å². The van der Waals surface area contributed by atoms with Crippen LogP contribution in [0.4, 0.5) is 13.2 Å². The number of likely N-dealkylation sites (tertiary alicyclic amines) is 1. The summed E-state index contributed by atoms with van der Waals surface area (Å²) in [5.41, 5.74) is 1.69. The van der Waals surface area contributed by atoms with Crippen LogP contribution in [-0.4, -0.2) is 66.1 Å². The second-order valence-corrected chi connectivity index (χ2v) is 7.13. The number of benzene rings is 1. The van der Waals surface area contributed by atoms with Crippen LogP contribution >= 0.6 is 24.0 Å². The smallest absolute Gasteiger partial charge is 0.401 e. The van der Waals surface area contributed by atoms with Gasteiger partial charge in [-0.1, -0.05) is 0 Å². The maximum absolute atomic E-state index is 12.6. The van der Waals surface area contributed by atoms with Crippen LogP contribution in [0.1, 0.15) is 19.0 Å². The molecule has 1 aromatic heterocycles. The molecule has 1 fully saturated rings. The molecule has 1 aromatic carbocycles. The van der Waals surface area contributed by atoms with Crippen molar-refractivity contribution in [3.05, 3.63) is 42.2 Å². The van der Waals surface area contributed by atoms with E-state index >= 15 is 0 Å². The van der Waals surface area contributed by atoms with Crippen molar-refractivity contribution in [2.45, 2.75) is 32.1 Å². The lowest BCUT2D eigenvalue weighted by Crippen LogP contribution is -2.45. The van der Waals surface area contributed by atoms with Gasteiger partial charge in [0.15, 0.2) is 5.96 Å². The molecule has 172 valence electrons. The van der Waals surface area contributed by atoms with Crippen molar-refractivity contribution in [1.82, 2.24) is 25.3 Å². The van der Waals surface area contributed by atoms with Crippen LogP contribution < -0.4 is 15.4 Å². The second kappa shape index (κ2) is 11.6. The molecule has 0 bridgehead atoms. The van der Waals surface area contributed by atoms with Crippen LogP contribution in [0.2, 0.25) is 0 Å². The van der Waals surface area contributed by atoms with Gasteiger partial charge in [-0.25, -0.2) is 9.67 Å². The SMILES string of the molecule is CCNC(=NCc1ccn(-c2ccc(OC)cc2)n1)NC1CCN(CC(F)(F)F)C1.I. The van der Waals surface area contributed by atoms with Gasteiger partial charge in [0.05, 0.1) is 31.6 Å². The second-order valence-electron chi connectivity index (χ2n) is 7.13. The van der Waals surface area contributed by atoms with Crippen LogP contribution in [0.25, 0.3) is 5.69 Å². The minimum Gasteiger partial charge on any atom is -0.497 e. The molecule has 1 unspecified atom stereocenters. The summed E-state index contributed by atoms with van der Waals surface area (Å²) in [4.78, 5) is 5.95. The highest BCUT2D eigenvalue weighted by atomic mass is 127. The summed E-state index contributed by atoms with van der Waals surface area (Å²) in [6.45, 7) is 2.85. The van der Waals surface area contributed by atoms with Crippen molar-refractivity contribution in [2.24, 2.45) is 4.99 Å². The average molecular weight is 552 g/mol. The zero-order chi connectivity index (χ0) is 21.6. The quantitative estimate of drug-likeness (QED) is 0.314. The maximum Gasteiger partial charge on any atom is 0.401 e. The summed E-state index contributed by atoms with van der Waals surface area (Å²) < 4.78 is 44.7. The monoisotopic (exact) mass is 552 g/mol. The van der Waals surface area contributed by atoms with Crippen LogP contribution in [0.5, 0.6) is 5.75 Å². The fraction of sp³-hybridized carbons (Fsp3) is 0.500. The molecule has 0 amide bonds. The predicted molar refractivity (Wildman–Crippen MR) is 124 cm³/mol. The van der Waals surface area contributed by atoms with E-state index in [-0.39, 0.29) is 30.0 Å². The Hall–Kier alpha value is -2.02. The number of ether oxygens (including phenoxy) is 1. The van der Waals surface area contributed by atoms with Crippen LogP contribution in [0, 0.1) is 0 Å². The molecule has 31 heavy (non-hydrogen) atoms. The first-order valence-electron chi connectivity index (χ1n) is 9.89. The van der Waals surface area contributed by atoms with E-state index in [4.69, 9.17) is 4.74 Å². The van der Waals surface area contributed by atoms with E-state index in [2.05, 4.69) is 20.7 Å². The lowest BCUT2D eigenvalue weighted by Gasteiger charge is -2.19. The first-order valence-corrected chi connectivity index (χ1v) is 9.89. The van der Waals surface area contributed by atoms with Crippen molar-refractivity contribution in [3.8, 4) is 11.4 Å². The standard InChI is InChI=1S/C20H27F3N6O.HI/c1-3-24-19(26-16-8-10-28(13-16)14-20(21,22)23)25-12-15-9-11-29(27-15)17-4-6-18(30-2)7-5-17;/h4-7,9,11,16H,3,8,10,12-14H2,1-2H3,(H2,24,25,26);1H. The summed E-state index contributed by atoms with van der Waals surface area (Å²) in [6.07, 6.45) is -1.66. The highest BCUT2D eigenvalue weighted by Crippen LogP contribution is 2.20. The molecular formula is C20H28F3IN6O. The lowest BCUT2D eigenvalue weighted by molar-refractivity contribution is -0.143. The van der Waals surface area contributed by atoms with E-state index in [0.29, 0.717) is 38.6 Å². The van der Waals surface area contributed by atoms with Gasteiger partial charge >= 0.3 is 6.18 Å². The number of nitrogens with one attached hydrogen (secondary N) is 2. The highest BCUT2D eigenvalue weighted by Gasteiger charge is 2.34. The zero-order valence-electron chi connectivity index (χ0n) is 17.5. The van der Waals surface area contributed by atoms with Gasteiger partial charge in [0, 0.05) is 31.9 Å². The number of hydrogen-bond donors (Lipinski definition) is 2. The number of halogens is 4. The van der Waals surface area contributed by atoms with Gasteiger partial charge < -0.3 is 15.4 Å². The summed E-state index contributed by atoms with van der Waals surface area (Å²) in [6, 6.07) is 9.38. The maximum atomic E-state index is 12.6. The molecule has 11 heteroatoms. The fourth-order valence-electron chi connectivity index (χ4n) is 3.35. The number of methoxy groups -OCH3 is 1. The number of guanidine groups is 1. The minimum absolute atomic E-state index is 0. The Morgan fingerprint density at radius 2 is 2.00 bits per heavy atom. The predicted octanol–water partition coefficient (Wildman–Crippen LogP) is 3.19. The Bertz CT molecular complexity index is 840. The lowest BCUT2D eigenvalue weighted by atomic mass is 10.3. The molecule has 1 saturated heterocycles. The molecule has 2 aromatic rings. The summed E-state index contributed by atoms with van der Waals surface area (Å²) in [5.74, 6) is 1.35. The molecule has 2 heterocycles. The molecule has 1 atom stereocenters. The third-order valence-electron chi connectivity index (χ3n) is 4.74. The molecule has 7 nitrogen and oxygen atoms in total. The number of aromatic nitrogens is 2. The van der Waals surface area contributed by atoms with Crippen molar-refractivity contribution in [1.29, 1.82) is 0 Å². The van der Waals surface area contributed by atoms with E-state index < -0.39 is 12.7 Å². The van der Waals surface area contributed by atoms with Gasteiger partial charge in [-0.15, -0.1) is 24.0 Å². The average Bonchev–Trinajstić information content (AvgIpc) is 3.34. The number of nitrogens with zero attached hydrogens (tertiary/aromatic N) is 4. The van der Waals surface area contributed by atoms with E-state index in [1.165, 1.54) is 4.90 Å². The van der Waals surface area contributed by atoms with Crippen LogP contribution in [0.3, 0.4) is 0 Å². The minimum atomic E-state index is -4.17. The van der Waals surface area contributed by atoms with Gasteiger partial charge in [-0.05, 0) is 43.7 Å². The first kappa shape index (κ1) is 25.2. The first-order chi connectivity index (χ1) is 14.4. The normalized spacial score (nSPS) is 17.3. The molecule has 3 rings (SSSR count). The van der Waals surface area contributed by atoms with Crippen LogP contribution in [-0.2, 0) is 6.54 Å². The third kappa shape index (κ3) is 7.87. The molecule has 2 N–H and O–H groups in total. The van der Waals surface area contributed by atoms with Gasteiger partial charge in [0.2, 0.25) is 0 Å². The number of aliphatic imine (C=N–C) groups is 1. The van der Waals surface area contributed by atoms with E-state index in [9.17, 15) is 13.2 Å². The summed E-state index contributed by atoms with van der Waals surface area (Å²) >= 11 is 0. The Labute approximate surface area is 197 Å². The molecule has 1 aliphatic heterocycles. The van der Waals surface area contributed by atoms with Gasteiger partial charge in [0.1, 0.15) is 5.75 Å². The number of alkyl halides is 3. The van der Waals surface area contributed by atoms with Crippen molar-refractivity contribution < 1.29 is 17.9 Å². The molecule has 0 aliphatic carbocycles. The van der Waals surface area contributed by atoms with Gasteiger partial charge in [0.25, 0.3) is 0 Å². The van der Waals surface area contributed by atoms with Crippen molar-refractivity contribution in [3.63, 3.8) is 0 Å². The molecule has 0 saturated carbocycles. The van der Waals surface area contributed by atoms with E-state index in [1.54, 1.807) is 11.8 Å². The molecule has 1 aliphatic rings. The Kier molecular flexibility index (Phi) is 9.41. The topological polar surface area (TPSA) is 66.7 Å². The molecule has 0 radical (unpaired) electrons. The highest BCUT2D eigenvalue weighted by molar-refractivity contribution is 14.0. The Morgan fingerprint density at radius 3 is 2.65 bits per heavy atom. The summed E-state index contributed by atoms with van der Waals surface area (Å²) in [7, 11) is 1.62. The van der Waals surface area contributed by atoms with Gasteiger partial charge in [-0.2, -0.15) is 18.3 Å². The largest absolute Gasteiger partial charge is 0.497 e.